The first-order valence-corrected chi connectivity index (χ1v) is 8.82. The average molecular weight is 358 g/mol. The molecular formula is C22H30O4. The van der Waals surface area contributed by atoms with Crippen LogP contribution < -0.4 is 4.74 Å². The molecule has 0 saturated carbocycles. The highest BCUT2D eigenvalue weighted by molar-refractivity contribution is 5.45. The number of aliphatic hydroxyl groups is 1. The lowest BCUT2D eigenvalue weighted by molar-refractivity contribution is 0.299. The molecule has 0 fully saturated rings. The van der Waals surface area contributed by atoms with Crippen LogP contribution in [-0.4, -0.2) is 24.4 Å². The molecule has 0 bridgehead atoms. The normalized spacial score (nSPS) is 17.2. The van der Waals surface area contributed by atoms with E-state index in [1.54, 1.807) is 32.4 Å². The SMILES string of the molecule is CC.COC1=CC2CC(O)=CC=C2C=C1.COc1c(C)cc(O)cc1C. The maximum atomic E-state index is 9.33. The number of aryl methyl sites for hydroxylation is 2. The highest BCUT2D eigenvalue weighted by atomic mass is 16.5. The lowest BCUT2D eigenvalue weighted by Gasteiger charge is -2.21. The van der Waals surface area contributed by atoms with Crippen LogP contribution in [0.25, 0.3) is 0 Å². The van der Waals surface area contributed by atoms with Crippen LogP contribution in [0, 0.1) is 19.8 Å². The molecule has 0 amide bonds. The number of allylic oxidation sites excluding steroid dienone is 7. The van der Waals surface area contributed by atoms with E-state index in [2.05, 4.69) is 0 Å². The first-order valence-electron chi connectivity index (χ1n) is 8.82. The molecular weight excluding hydrogens is 328 g/mol. The summed E-state index contributed by atoms with van der Waals surface area (Å²) in [5.41, 5.74) is 3.16. The van der Waals surface area contributed by atoms with Gasteiger partial charge in [-0.25, -0.2) is 0 Å². The minimum atomic E-state index is 0.282. The predicted molar refractivity (Wildman–Crippen MR) is 107 cm³/mol. The summed E-state index contributed by atoms with van der Waals surface area (Å²) in [6, 6.07) is 3.37. The molecule has 0 aliphatic heterocycles. The molecule has 4 heteroatoms. The number of hydrogen-bond acceptors (Lipinski definition) is 4. The Balaban J connectivity index is 0.000000241. The summed E-state index contributed by atoms with van der Waals surface area (Å²) >= 11 is 0. The summed E-state index contributed by atoms with van der Waals surface area (Å²) in [6.07, 6.45) is 10.4. The van der Waals surface area contributed by atoms with E-state index >= 15 is 0 Å². The number of rotatable bonds is 2. The standard InChI is InChI=1S/C11H12O2.C9H12O2.C2H6/c1-13-11-5-3-8-2-4-10(12)6-9(8)7-11;1-6-4-8(10)5-7(2)9(6)11-3;1-2/h2-5,7,9,12H,6H2,1H3;4-5,10H,1-3H3;1-2H3. The molecule has 0 spiro atoms. The van der Waals surface area contributed by atoms with Gasteiger partial charge in [0.25, 0.3) is 0 Å². The summed E-state index contributed by atoms with van der Waals surface area (Å²) in [5, 5.41) is 18.5. The average Bonchev–Trinajstić information content (AvgIpc) is 2.63. The third-order valence-electron chi connectivity index (χ3n) is 4.02. The molecule has 1 aromatic carbocycles. The Morgan fingerprint density at radius 3 is 2.08 bits per heavy atom. The zero-order valence-corrected chi connectivity index (χ0v) is 16.5. The lowest BCUT2D eigenvalue weighted by Crippen LogP contribution is -2.09. The van der Waals surface area contributed by atoms with Crippen molar-refractivity contribution in [1.29, 1.82) is 0 Å². The first-order chi connectivity index (χ1) is 12.4. The Bertz CT molecular complexity index is 701. The van der Waals surface area contributed by atoms with Gasteiger partial charge in [-0.3, -0.25) is 0 Å². The third kappa shape index (κ3) is 5.73. The summed E-state index contributed by atoms with van der Waals surface area (Å²) in [7, 11) is 3.29. The quantitative estimate of drug-likeness (QED) is 0.731. The molecule has 2 N–H and O–H groups in total. The molecule has 1 atom stereocenters. The maximum absolute atomic E-state index is 9.33. The fraction of sp³-hybridized carbons (Fsp3) is 0.364. The molecule has 0 aromatic heterocycles. The van der Waals surface area contributed by atoms with Crippen molar-refractivity contribution in [3.8, 4) is 11.5 Å². The highest BCUT2D eigenvalue weighted by Crippen LogP contribution is 2.30. The van der Waals surface area contributed by atoms with Gasteiger partial charge in [0.15, 0.2) is 0 Å². The number of aromatic hydroxyl groups is 1. The number of phenolic OH excluding ortho intramolecular Hbond substituents is 1. The fourth-order valence-electron chi connectivity index (χ4n) is 2.88. The molecule has 26 heavy (non-hydrogen) atoms. The zero-order chi connectivity index (χ0) is 19.7. The molecule has 142 valence electrons. The van der Waals surface area contributed by atoms with Crippen molar-refractivity contribution in [3.05, 3.63) is 70.7 Å². The first kappa shape index (κ1) is 21.4. The monoisotopic (exact) mass is 358 g/mol. The van der Waals surface area contributed by atoms with E-state index in [1.807, 2.05) is 52.0 Å². The Morgan fingerprint density at radius 1 is 0.923 bits per heavy atom. The van der Waals surface area contributed by atoms with Crippen LogP contribution in [0.3, 0.4) is 0 Å². The van der Waals surface area contributed by atoms with E-state index in [9.17, 15) is 5.11 Å². The number of aliphatic hydroxyl groups excluding tert-OH is 1. The van der Waals surface area contributed by atoms with Gasteiger partial charge in [-0.15, -0.1) is 0 Å². The topological polar surface area (TPSA) is 58.9 Å². The van der Waals surface area contributed by atoms with E-state index < -0.39 is 0 Å². The second kappa shape index (κ2) is 10.4. The van der Waals surface area contributed by atoms with Crippen LogP contribution in [0.2, 0.25) is 0 Å². The van der Waals surface area contributed by atoms with E-state index in [0.29, 0.717) is 17.9 Å². The van der Waals surface area contributed by atoms with E-state index in [1.165, 1.54) is 5.57 Å². The second-order valence-corrected chi connectivity index (χ2v) is 5.85. The number of benzene rings is 1. The Kier molecular flexibility index (Phi) is 8.56. The minimum absolute atomic E-state index is 0.282. The maximum Gasteiger partial charge on any atom is 0.124 e. The Hall–Kier alpha value is -2.62. The third-order valence-corrected chi connectivity index (χ3v) is 4.02. The summed E-state index contributed by atoms with van der Waals surface area (Å²) in [5.74, 6) is 2.74. The van der Waals surface area contributed by atoms with Gasteiger partial charge < -0.3 is 19.7 Å². The molecule has 1 aromatic rings. The van der Waals surface area contributed by atoms with Crippen LogP contribution in [0.1, 0.15) is 31.4 Å². The van der Waals surface area contributed by atoms with Crippen LogP contribution in [0.4, 0.5) is 0 Å². The largest absolute Gasteiger partial charge is 0.512 e. The van der Waals surface area contributed by atoms with Gasteiger partial charge in [0.05, 0.1) is 20.0 Å². The molecule has 2 aliphatic rings. The highest BCUT2D eigenvalue weighted by Gasteiger charge is 2.18. The van der Waals surface area contributed by atoms with E-state index in [0.717, 1.165) is 22.6 Å². The summed E-state index contributed by atoms with van der Waals surface area (Å²) in [4.78, 5) is 0. The van der Waals surface area contributed by atoms with Gasteiger partial charge in [0.1, 0.15) is 17.3 Å². The Morgan fingerprint density at radius 2 is 1.54 bits per heavy atom. The van der Waals surface area contributed by atoms with E-state index in [-0.39, 0.29) is 5.92 Å². The molecule has 0 heterocycles. The molecule has 2 aliphatic carbocycles. The number of fused-ring (bicyclic) bond motifs is 1. The van der Waals surface area contributed by atoms with Gasteiger partial charge >= 0.3 is 0 Å². The van der Waals surface area contributed by atoms with E-state index in [4.69, 9.17) is 14.6 Å². The number of hydrogen-bond donors (Lipinski definition) is 2. The van der Waals surface area contributed by atoms with Crippen LogP contribution in [0.5, 0.6) is 11.5 Å². The predicted octanol–water partition coefficient (Wildman–Crippen LogP) is 5.52. The fourth-order valence-corrected chi connectivity index (χ4v) is 2.88. The van der Waals surface area contributed by atoms with Crippen LogP contribution in [-0.2, 0) is 4.74 Å². The van der Waals surface area contributed by atoms with Crippen molar-refractivity contribution in [1.82, 2.24) is 0 Å². The van der Waals surface area contributed by atoms with Gasteiger partial charge in [0, 0.05) is 12.3 Å². The number of ether oxygens (including phenoxy) is 2. The Labute approximate surface area is 156 Å². The zero-order valence-electron chi connectivity index (χ0n) is 16.5. The number of phenols is 1. The van der Waals surface area contributed by atoms with Crippen molar-refractivity contribution in [3.63, 3.8) is 0 Å². The van der Waals surface area contributed by atoms with Gasteiger partial charge in [0.2, 0.25) is 0 Å². The van der Waals surface area contributed by atoms with Crippen molar-refractivity contribution in [2.75, 3.05) is 14.2 Å². The molecule has 1 unspecified atom stereocenters. The van der Waals surface area contributed by atoms with Crippen LogP contribution in [0.15, 0.2) is 59.6 Å². The molecule has 3 rings (SSSR count). The van der Waals surface area contributed by atoms with Crippen LogP contribution >= 0.6 is 0 Å². The lowest BCUT2D eigenvalue weighted by atomic mass is 9.87. The van der Waals surface area contributed by atoms with Crippen molar-refractivity contribution < 1.29 is 19.7 Å². The van der Waals surface area contributed by atoms with Crippen molar-refractivity contribution in [2.45, 2.75) is 34.1 Å². The second-order valence-electron chi connectivity index (χ2n) is 5.85. The number of methoxy groups -OCH3 is 2. The van der Waals surface area contributed by atoms with Gasteiger partial charge in [-0.1, -0.05) is 26.0 Å². The van der Waals surface area contributed by atoms with Crippen molar-refractivity contribution in [2.24, 2.45) is 5.92 Å². The van der Waals surface area contributed by atoms with Gasteiger partial charge in [-0.05, 0) is 60.9 Å². The summed E-state index contributed by atoms with van der Waals surface area (Å²) < 4.78 is 10.2. The molecule has 0 radical (unpaired) electrons. The molecule has 0 saturated heterocycles. The van der Waals surface area contributed by atoms with Gasteiger partial charge in [-0.2, -0.15) is 0 Å². The minimum Gasteiger partial charge on any atom is -0.512 e. The molecule has 4 nitrogen and oxygen atoms in total. The smallest absolute Gasteiger partial charge is 0.124 e. The van der Waals surface area contributed by atoms with Crippen molar-refractivity contribution >= 4 is 0 Å². The summed E-state index contributed by atoms with van der Waals surface area (Å²) in [6.45, 7) is 7.82.